The number of nitrogens with one attached hydrogen (secondary N) is 1. The molecule has 2 aromatic carbocycles. The summed E-state index contributed by atoms with van der Waals surface area (Å²) in [6.07, 6.45) is -2.65. The van der Waals surface area contributed by atoms with Crippen molar-refractivity contribution in [3.63, 3.8) is 0 Å². The lowest BCUT2D eigenvalue weighted by molar-refractivity contribution is -0.149. The fourth-order valence-corrected chi connectivity index (χ4v) is 6.51. The Morgan fingerprint density at radius 2 is 1.98 bits per heavy atom. The van der Waals surface area contributed by atoms with E-state index in [1.807, 2.05) is 40.8 Å². The van der Waals surface area contributed by atoms with Gasteiger partial charge in [-0.2, -0.15) is 10.1 Å². The molecule has 3 aromatic rings. The van der Waals surface area contributed by atoms with E-state index in [4.69, 9.17) is 35.9 Å². The monoisotopic (exact) mass is 720 g/mol. The summed E-state index contributed by atoms with van der Waals surface area (Å²) in [4.78, 5) is 27.4. The molecular weight excluding hydrogens is 690 g/mol. The lowest BCUT2D eigenvalue weighted by atomic mass is 10.0. The molecule has 1 aliphatic rings. The van der Waals surface area contributed by atoms with Crippen molar-refractivity contribution in [1.29, 1.82) is 0 Å². The predicted octanol–water partition coefficient (Wildman–Crippen LogP) is 3.97. The zero-order valence-corrected chi connectivity index (χ0v) is 26.5. The Morgan fingerprint density at radius 3 is 2.68 bits per heavy atom. The van der Waals surface area contributed by atoms with Crippen LogP contribution < -0.4 is 21.0 Å². The van der Waals surface area contributed by atoms with Crippen molar-refractivity contribution in [2.75, 3.05) is 12.3 Å². The minimum Gasteiger partial charge on any atom is -0.462 e. The summed E-state index contributed by atoms with van der Waals surface area (Å²) < 4.78 is 38.6. The molecule has 4 rings (SSSR count). The van der Waals surface area contributed by atoms with Gasteiger partial charge in [-0.1, -0.05) is 36.4 Å². The topological polar surface area (TPSA) is 164 Å². The standard InChI is InChI=1S/C26H31ClIN4O8P/c1-14(2)38-23(34)15(3)31-41(36,40-19-11-7-9-16-8-5-6-10-17(16)19)37-13-20-21(33)26(4,27)24(39-20)32-12-18(28)22(29)30-25(32)35/h5-12,14-15,20-21,24,33H,13H2,1-4H3,(H,31,36)(H2,29,30,35)/t15-,20-,21-,24?,26-,41?/m1/s1. The number of rotatable bonds is 10. The molecule has 0 saturated carbocycles. The molecule has 4 N–H and O–H groups in total. The number of nitrogen functional groups attached to an aromatic ring is 1. The van der Waals surface area contributed by atoms with E-state index in [0.29, 0.717) is 8.96 Å². The average molecular weight is 721 g/mol. The van der Waals surface area contributed by atoms with E-state index in [0.717, 1.165) is 9.95 Å². The van der Waals surface area contributed by atoms with Crippen LogP contribution in [-0.2, 0) is 23.4 Å². The van der Waals surface area contributed by atoms with Crippen LogP contribution in [0.3, 0.4) is 0 Å². The molecule has 1 saturated heterocycles. The van der Waals surface area contributed by atoms with Crippen LogP contribution >= 0.6 is 41.9 Å². The number of aliphatic hydroxyl groups is 1. The molecule has 41 heavy (non-hydrogen) atoms. The lowest BCUT2D eigenvalue weighted by Gasteiger charge is -2.27. The van der Waals surface area contributed by atoms with E-state index in [-0.39, 0.29) is 11.6 Å². The number of anilines is 1. The van der Waals surface area contributed by atoms with E-state index in [2.05, 4.69) is 10.1 Å². The molecule has 2 heterocycles. The zero-order valence-electron chi connectivity index (χ0n) is 22.7. The molecular formula is C26H31ClIN4O8P. The summed E-state index contributed by atoms with van der Waals surface area (Å²) in [7, 11) is -4.32. The summed E-state index contributed by atoms with van der Waals surface area (Å²) in [5.74, 6) is -0.379. The van der Waals surface area contributed by atoms with Crippen LogP contribution in [0.15, 0.2) is 53.5 Å². The van der Waals surface area contributed by atoms with Crippen molar-refractivity contribution in [2.45, 2.75) is 63.2 Å². The van der Waals surface area contributed by atoms with Crippen molar-refractivity contribution in [2.24, 2.45) is 0 Å². The number of fused-ring (bicyclic) bond motifs is 1. The van der Waals surface area contributed by atoms with Gasteiger partial charge in [0.05, 0.1) is 16.3 Å². The van der Waals surface area contributed by atoms with Crippen LogP contribution in [0.5, 0.6) is 5.75 Å². The number of halogens is 2. The van der Waals surface area contributed by atoms with Crippen LogP contribution in [0.4, 0.5) is 5.82 Å². The molecule has 15 heteroatoms. The van der Waals surface area contributed by atoms with Gasteiger partial charge >= 0.3 is 19.4 Å². The second-order valence-corrected chi connectivity index (χ2v) is 13.7. The molecule has 0 spiro atoms. The largest absolute Gasteiger partial charge is 0.462 e. The molecule has 2 unspecified atom stereocenters. The first-order valence-electron chi connectivity index (χ1n) is 12.7. The van der Waals surface area contributed by atoms with Gasteiger partial charge in [0, 0.05) is 11.6 Å². The third kappa shape index (κ3) is 7.04. The quantitative estimate of drug-likeness (QED) is 0.120. The zero-order chi connectivity index (χ0) is 30.1. The van der Waals surface area contributed by atoms with Gasteiger partial charge in [-0.15, -0.1) is 11.6 Å². The SMILES string of the molecule is CC(C)OC(=O)[C@@H](C)NP(=O)(OC[C@H]1OC(n2cc(I)c(N)nc2=O)[C@](C)(Cl)[C@@H]1O)Oc1cccc2ccccc12. The minimum atomic E-state index is -4.32. The lowest BCUT2D eigenvalue weighted by Crippen LogP contribution is -2.42. The number of benzene rings is 2. The first-order valence-corrected chi connectivity index (χ1v) is 15.7. The summed E-state index contributed by atoms with van der Waals surface area (Å²) in [5, 5.41) is 15.1. The first kappa shape index (κ1) is 31.7. The highest BCUT2D eigenvalue weighted by molar-refractivity contribution is 14.1. The van der Waals surface area contributed by atoms with E-state index >= 15 is 0 Å². The molecule has 1 fully saturated rings. The van der Waals surface area contributed by atoms with Gasteiger partial charge in [0.15, 0.2) is 6.23 Å². The van der Waals surface area contributed by atoms with Crippen molar-refractivity contribution in [3.8, 4) is 5.75 Å². The van der Waals surface area contributed by atoms with Gasteiger partial charge in [-0.3, -0.25) is 13.9 Å². The second kappa shape index (κ2) is 12.5. The molecule has 1 aromatic heterocycles. The van der Waals surface area contributed by atoms with Crippen LogP contribution in [0, 0.1) is 3.57 Å². The van der Waals surface area contributed by atoms with Crippen LogP contribution in [0.1, 0.15) is 33.9 Å². The number of ether oxygens (including phenoxy) is 2. The number of aromatic nitrogens is 2. The van der Waals surface area contributed by atoms with Crippen molar-refractivity contribution < 1.29 is 33.0 Å². The third-order valence-electron chi connectivity index (χ3n) is 6.34. The molecule has 12 nitrogen and oxygen atoms in total. The normalized spacial score (nSPS) is 24.7. The average Bonchev–Trinajstić information content (AvgIpc) is 3.13. The molecule has 0 amide bonds. The smallest absolute Gasteiger partial charge is 0.459 e. The molecule has 0 radical (unpaired) electrons. The summed E-state index contributed by atoms with van der Waals surface area (Å²) in [5.41, 5.74) is 5.01. The summed E-state index contributed by atoms with van der Waals surface area (Å²) in [6, 6.07) is 11.4. The Hall–Kier alpha value is -2.26. The maximum Gasteiger partial charge on any atom is 0.459 e. The summed E-state index contributed by atoms with van der Waals surface area (Å²) >= 11 is 8.58. The van der Waals surface area contributed by atoms with Crippen LogP contribution in [-0.4, -0.2) is 56.5 Å². The first-order chi connectivity index (χ1) is 19.2. The number of nitrogens with zero attached hydrogens (tertiary/aromatic N) is 2. The number of hydrogen-bond donors (Lipinski definition) is 3. The number of carbonyl (C=O) groups excluding carboxylic acids is 1. The van der Waals surface area contributed by atoms with E-state index in [1.54, 1.807) is 38.1 Å². The number of alkyl halides is 1. The predicted molar refractivity (Wildman–Crippen MR) is 162 cm³/mol. The fraction of sp³-hybridized carbons (Fsp3) is 0.423. The minimum absolute atomic E-state index is 0.0456. The maximum atomic E-state index is 14.1. The Morgan fingerprint density at radius 1 is 1.29 bits per heavy atom. The number of carbonyl (C=O) groups is 1. The molecule has 1 aliphatic heterocycles. The van der Waals surface area contributed by atoms with E-state index in [9.17, 15) is 19.3 Å². The van der Waals surface area contributed by atoms with Crippen molar-refractivity contribution >= 4 is 64.5 Å². The second-order valence-electron chi connectivity index (χ2n) is 9.99. The molecule has 222 valence electrons. The van der Waals surface area contributed by atoms with Gasteiger partial charge in [0.1, 0.15) is 34.7 Å². The highest BCUT2D eigenvalue weighted by atomic mass is 127. The van der Waals surface area contributed by atoms with Crippen LogP contribution in [0.25, 0.3) is 10.8 Å². The Balaban J connectivity index is 1.60. The van der Waals surface area contributed by atoms with Gasteiger partial charge in [0.2, 0.25) is 0 Å². The van der Waals surface area contributed by atoms with Crippen molar-refractivity contribution in [3.05, 3.63) is 62.7 Å². The number of aliphatic hydroxyl groups excluding tert-OH is 1. The van der Waals surface area contributed by atoms with Gasteiger partial charge in [-0.25, -0.2) is 9.36 Å². The van der Waals surface area contributed by atoms with Gasteiger partial charge < -0.3 is 24.8 Å². The van der Waals surface area contributed by atoms with Gasteiger partial charge in [0.25, 0.3) is 0 Å². The Bertz CT molecular complexity index is 1530. The highest BCUT2D eigenvalue weighted by Gasteiger charge is 2.54. The maximum absolute atomic E-state index is 14.1. The van der Waals surface area contributed by atoms with E-state index in [1.165, 1.54) is 20.0 Å². The van der Waals surface area contributed by atoms with Crippen molar-refractivity contribution in [1.82, 2.24) is 14.6 Å². The third-order valence-corrected chi connectivity index (χ3v) is 9.21. The van der Waals surface area contributed by atoms with E-state index < -0.39 is 61.5 Å². The highest BCUT2D eigenvalue weighted by Crippen LogP contribution is 2.49. The fourth-order valence-electron chi connectivity index (χ4n) is 4.27. The number of esters is 1. The Labute approximate surface area is 255 Å². The Kier molecular flexibility index (Phi) is 9.69. The molecule has 0 bridgehead atoms. The van der Waals surface area contributed by atoms with Crippen LogP contribution in [0.2, 0.25) is 0 Å². The number of nitrogens with two attached hydrogens (primary N) is 1. The summed E-state index contributed by atoms with van der Waals surface area (Å²) in [6.45, 7) is 5.86. The molecule has 0 aliphatic carbocycles. The molecule has 6 atom stereocenters. The number of hydrogen-bond acceptors (Lipinski definition) is 10. The van der Waals surface area contributed by atoms with Gasteiger partial charge in [-0.05, 0) is 61.7 Å².